The van der Waals surface area contributed by atoms with Gasteiger partial charge in [0.1, 0.15) is 47.8 Å². The Balaban J connectivity index is 1.21. The maximum atomic E-state index is 6.10. The topological polar surface area (TPSA) is 87.6 Å². The summed E-state index contributed by atoms with van der Waals surface area (Å²) in [5.41, 5.74) is 3.10. The molecule has 10 heteroatoms. The van der Waals surface area contributed by atoms with Gasteiger partial charge in [-0.25, -0.2) is 18.3 Å². The molecule has 0 aromatic carbocycles. The zero-order valence-electron chi connectivity index (χ0n) is 20.8. The normalized spacial score (nSPS) is 10.9. The number of aryl methyl sites for hydroxylation is 2. The molecule has 186 valence electrons. The quantitative estimate of drug-likeness (QED) is 0.308. The Morgan fingerprint density at radius 2 is 1.08 bits per heavy atom. The van der Waals surface area contributed by atoms with Gasteiger partial charge in [0.05, 0.1) is 50.3 Å². The first-order valence-corrected chi connectivity index (χ1v) is 11.8. The summed E-state index contributed by atoms with van der Waals surface area (Å²) in [6, 6.07) is 11.1. The third-order valence-corrected chi connectivity index (χ3v) is 5.73. The smallest absolute Gasteiger partial charge is 0.248 e. The molecule has 0 bridgehead atoms. The number of hydrogen-bond acceptors (Lipinski definition) is 6. The zero-order valence-corrected chi connectivity index (χ0v) is 20.8. The van der Waals surface area contributed by atoms with Crippen molar-refractivity contribution in [2.45, 2.75) is 0 Å². The minimum Gasteiger partial charge on any atom is -0.455 e. The van der Waals surface area contributed by atoms with Crippen LogP contribution < -0.4 is 18.6 Å². The maximum Gasteiger partial charge on any atom is 0.248 e. The van der Waals surface area contributed by atoms with E-state index in [1.54, 1.807) is 49.3 Å². The molecule has 0 aliphatic heterocycles. The molecular formula is C28H24N8O2+2. The monoisotopic (exact) mass is 504 g/mol. The van der Waals surface area contributed by atoms with Crippen LogP contribution in [0.1, 0.15) is 0 Å². The van der Waals surface area contributed by atoms with Crippen molar-refractivity contribution in [2.75, 3.05) is 0 Å². The van der Waals surface area contributed by atoms with Gasteiger partial charge in [0, 0.05) is 36.7 Å². The molecule has 10 nitrogen and oxygen atoms in total. The molecule has 0 fully saturated rings. The van der Waals surface area contributed by atoms with E-state index in [9.17, 15) is 0 Å². The molecule has 0 aliphatic rings. The molecule has 0 atom stereocenters. The Morgan fingerprint density at radius 3 is 1.50 bits per heavy atom. The van der Waals surface area contributed by atoms with E-state index in [0.29, 0.717) is 34.4 Å². The largest absolute Gasteiger partial charge is 0.455 e. The second-order valence-corrected chi connectivity index (χ2v) is 8.69. The Hall–Kier alpha value is -5.38. The van der Waals surface area contributed by atoms with E-state index in [-0.39, 0.29) is 0 Å². The molecule has 0 aliphatic carbocycles. The van der Waals surface area contributed by atoms with Crippen molar-refractivity contribution in [3.8, 4) is 45.8 Å². The first-order valence-electron chi connectivity index (χ1n) is 11.8. The summed E-state index contributed by atoms with van der Waals surface area (Å²) < 4.78 is 20.1. The van der Waals surface area contributed by atoms with Gasteiger partial charge in [-0.2, -0.15) is 0 Å². The van der Waals surface area contributed by atoms with E-state index in [1.807, 2.05) is 94.1 Å². The molecule has 0 spiro atoms. The van der Waals surface area contributed by atoms with Crippen molar-refractivity contribution in [1.82, 2.24) is 29.1 Å². The van der Waals surface area contributed by atoms with Gasteiger partial charge in [-0.1, -0.05) is 0 Å². The first kappa shape index (κ1) is 23.0. The Kier molecular flexibility index (Phi) is 6.03. The van der Waals surface area contributed by atoms with Gasteiger partial charge in [-0.3, -0.25) is 19.9 Å². The standard InChI is InChI=1S/C28H24N8O2/c1-33-7-9-35(19-33)21-11-25(17-29-15-21)37-23-3-5-31-27(13-23)28-14-24(4-6-32-28)38-26-12-22(16-30-18-26)36-10-8-34(2)20-36/h3-20H,1-2H3/q+2. The van der Waals surface area contributed by atoms with Gasteiger partial charge in [-0.05, 0) is 12.1 Å². The van der Waals surface area contributed by atoms with Crippen LogP contribution in [0.4, 0.5) is 0 Å². The van der Waals surface area contributed by atoms with Crippen LogP contribution in [0, 0.1) is 0 Å². The van der Waals surface area contributed by atoms with Gasteiger partial charge >= 0.3 is 0 Å². The van der Waals surface area contributed by atoms with Crippen molar-refractivity contribution in [3.05, 3.63) is 111 Å². The van der Waals surface area contributed by atoms with Crippen LogP contribution in [0.2, 0.25) is 0 Å². The number of hydrogen-bond donors (Lipinski definition) is 0. The SMILES string of the molecule is C[n+]1ccn(-c2cncc(Oc3ccnc(-c4cc(Oc5cncc(-n6cc[n+](C)c6)c5)ccn4)c3)c2)c1. The predicted molar refractivity (Wildman–Crippen MR) is 137 cm³/mol. The third kappa shape index (κ3) is 5.09. The highest BCUT2D eigenvalue weighted by molar-refractivity contribution is 5.58. The molecular weight excluding hydrogens is 480 g/mol. The van der Waals surface area contributed by atoms with Crippen LogP contribution >= 0.6 is 0 Å². The van der Waals surface area contributed by atoms with Crippen LogP contribution in [0.15, 0.2) is 111 Å². The minimum absolute atomic E-state index is 0.615. The fourth-order valence-electron chi connectivity index (χ4n) is 3.92. The van der Waals surface area contributed by atoms with Crippen molar-refractivity contribution in [1.29, 1.82) is 0 Å². The lowest BCUT2D eigenvalue weighted by Gasteiger charge is -2.09. The lowest BCUT2D eigenvalue weighted by atomic mass is 10.2. The molecule has 6 heterocycles. The first-order chi connectivity index (χ1) is 18.6. The molecule has 0 unspecified atom stereocenters. The highest BCUT2D eigenvalue weighted by atomic mass is 16.5. The van der Waals surface area contributed by atoms with Crippen molar-refractivity contribution in [2.24, 2.45) is 14.1 Å². The summed E-state index contributed by atoms with van der Waals surface area (Å²) in [6.07, 6.45) is 22.0. The average Bonchev–Trinajstić information content (AvgIpc) is 3.58. The fraction of sp³-hybridized carbons (Fsp3) is 0.0714. The molecule has 38 heavy (non-hydrogen) atoms. The molecule has 6 rings (SSSR count). The summed E-state index contributed by atoms with van der Waals surface area (Å²) in [7, 11) is 3.93. The van der Waals surface area contributed by atoms with E-state index in [2.05, 4.69) is 19.9 Å². The lowest BCUT2D eigenvalue weighted by molar-refractivity contribution is -0.670. The number of pyridine rings is 4. The van der Waals surface area contributed by atoms with E-state index >= 15 is 0 Å². The van der Waals surface area contributed by atoms with E-state index in [4.69, 9.17) is 9.47 Å². The number of nitrogens with zero attached hydrogens (tertiary/aromatic N) is 8. The van der Waals surface area contributed by atoms with Crippen molar-refractivity contribution >= 4 is 0 Å². The fourth-order valence-corrected chi connectivity index (χ4v) is 3.92. The molecule has 0 amide bonds. The third-order valence-electron chi connectivity index (χ3n) is 5.73. The summed E-state index contributed by atoms with van der Waals surface area (Å²) >= 11 is 0. The molecule has 0 N–H and O–H groups in total. The second-order valence-electron chi connectivity index (χ2n) is 8.69. The van der Waals surface area contributed by atoms with Crippen molar-refractivity contribution in [3.63, 3.8) is 0 Å². The van der Waals surface area contributed by atoms with Gasteiger partial charge < -0.3 is 9.47 Å². The second kappa shape index (κ2) is 9.94. The Labute approximate surface area is 218 Å². The number of rotatable bonds is 7. The van der Waals surface area contributed by atoms with E-state index in [0.717, 1.165) is 11.4 Å². The number of ether oxygens (including phenoxy) is 2. The van der Waals surface area contributed by atoms with Gasteiger partial charge in [0.25, 0.3) is 0 Å². The number of imidazole rings is 2. The highest BCUT2D eigenvalue weighted by Crippen LogP contribution is 2.29. The molecule has 6 aromatic heterocycles. The molecule has 0 radical (unpaired) electrons. The van der Waals surface area contributed by atoms with Crippen LogP contribution in [-0.4, -0.2) is 29.1 Å². The van der Waals surface area contributed by atoms with Crippen molar-refractivity contribution < 1.29 is 18.6 Å². The van der Waals surface area contributed by atoms with Gasteiger partial charge in [-0.15, -0.1) is 0 Å². The Bertz CT molecular complexity index is 1600. The lowest BCUT2D eigenvalue weighted by Crippen LogP contribution is -2.23. The van der Waals surface area contributed by atoms with Crippen LogP contribution in [0.3, 0.4) is 0 Å². The molecule has 6 aromatic rings. The average molecular weight is 505 g/mol. The highest BCUT2D eigenvalue weighted by Gasteiger charge is 2.11. The predicted octanol–water partition coefficient (Wildman–Crippen LogP) is 3.75. The Morgan fingerprint density at radius 1 is 0.605 bits per heavy atom. The summed E-state index contributed by atoms with van der Waals surface area (Å²) in [5, 5.41) is 0. The van der Waals surface area contributed by atoms with E-state index < -0.39 is 0 Å². The van der Waals surface area contributed by atoms with Crippen LogP contribution in [0.25, 0.3) is 22.8 Å². The minimum atomic E-state index is 0.615. The zero-order chi connectivity index (χ0) is 25.9. The number of aromatic nitrogens is 8. The summed E-state index contributed by atoms with van der Waals surface area (Å²) in [5.74, 6) is 2.48. The van der Waals surface area contributed by atoms with Gasteiger partial charge in [0.15, 0.2) is 11.4 Å². The summed E-state index contributed by atoms with van der Waals surface area (Å²) in [6.45, 7) is 0. The van der Waals surface area contributed by atoms with Gasteiger partial charge in [0.2, 0.25) is 12.7 Å². The van der Waals surface area contributed by atoms with Crippen LogP contribution in [-0.2, 0) is 14.1 Å². The maximum absolute atomic E-state index is 6.10. The van der Waals surface area contributed by atoms with E-state index in [1.165, 1.54) is 0 Å². The summed E-state index contributed by atoms with van der Waals surface area (Å²) in [4.78, 5) is 17.6. The molecule has 0 saturated carbocycles. The van der Waals surface area contributed by atoms with Crippen LogP contribution in [0.5, 0.6) is 23.0 Å². The molecule has 0 saturated heterocycles.